The predicted octanol–water partition coefficient (Wildman–Crippen LogP) is 5.04. The minimum absolute atomic E-state index is 0.254. The molecule has 4 aromatic rings. The Bertz CT molecular complexity index is 1390. The lowest BCUT2D eigenvalue weighted by Crippen LogP contribution is -2.29. The summed E-state index contributed by atoms with van der Waals surface area (Å²) in [4.78, 5) is 18.4. The van der Waals surface area contributed by atoms with Gasteiger partial charge < -0.3 is 19.5 Å². The maximum atomic E-state index is 13.6. The van der Waals surface area contributed by atoms with Gasteiger partial charge in [-0.15, -0.1) is 0 Å². The number of aromatic nitrogens is 2. The zero-order valence-electron chi connectivity index (χ0n) is 19.2. The number of para-hydroxylation sites is 2. The van der Waals surface area contributed by atoms with E-state index in [9.17, 15) is 4.79 Å². The molecule has 1 aliphatic heterocycles. The van der Waals surface area contributed by atoms with Gasteiger partial charge >= 0.3 is 5.97 Å². The quantitative estimate of drug-likeness (QED) is 0.411. The molecule has 0 bridgehead atoms. The van der Waals surface area contributed by atoms with Gasteiger partial charge in [0, 0.05) is 5.56 Å². The zero-order valence-corrected chi connectivity index (χ0v) is 19.2. The molecule has 0 saturated carbocycles. The van der Waals surface area contributed by atoms with Gasteiger partial charge in [0.15, 0.2) is 0 Å². The third kappa shape index (κ3) is 3.55. The van der Waals surface area contributed by atoms with Crippen LogP contribution in [0.2, 0.25) is 0 Å². The first-order valence-corrected chi connectivity index (χ1v) is 11.1. The van der Waals surface area contributed by atoms with Gasteiger partial charge in [0.1, 0.15) is 17.5 Å². The van der Waals surface area contributed by atoms with E-state index >= 15 is 0 Å². The zero-order chi connectivity index (χ0) is 23.7. The van der Waals surface area contributed by atoms with Crippen LogP contribution in [-0.4, -0.2) is 36.3 Å². The van der Waals surface area contributed by atoms with Crippen LogP contribution in [0.4, 0.5) is 5.95 Å². The van der Waals surface area contributed by atoms with Crippen molar-refractivity contribution in [3.63, 3.8) is 0 Å². The van der Waals surface area contributed by atoms with E-state index in [0.717, 1.165) is 22.2 Å². The van der Waals surface area contributed by atoms with Crippen molar-refractivity contribution in [3.8, 4) is 11.5 Å². The summed E-state index contributed by atoms with van der Waals surface area (Å²) in [5.41, 5.74) is 4.44. The van der Waals surface area contributed by atoms with Crippen LogP contribution < -0.4 is 14.8 Å². The molecule has 34 heavy (non-hydrogen) atoms. The third-order valence-corrected chi connectivity index (χ3v) is 5.92. The molecular weight excluding hydrogens is 430 g/mol. The summed E-state index contributed by atoms with van der Waals surface area (Å²) in [7, 11) is 3.23. The molecule has 0 radical (unpaired) electrons. The Morgan fingerprint density at radius 2 is 1.76 bits per heavy atom. The average Bonchev–Trinajstić information content (AvgIpc) is 3.26. The van der Waals surface area contributed by atoms with E-state index in [-0.39, 0.29) is 6.61 Å². The van der Waals surface area contributed by atoms with E-state index in [1.54, 1.807) is 21.1 Å². The minimum Gasteiger partial charge on any atom is -0.497 e. The molecule has 2 heterocycles. The largest absolute Gasteiger partial charge is 0.497 e. The van der Waals surface area contributed by atoms with Crippen LogP contribution in [-0.2, 0) is 9.53 Å². The number of methoxy groups -OCH3 is 2. The van der Waals surface area contributed by atoms with E-state index in [0.29, 0.717) is 28.7 Å². The van der Waals surface area contributed by atoms with Gasteiger partial charge in [0.25, 0.3) is 0 Å². The Labute approximate surface area is 197 Å². The second-order valence-corrected chi connectivity index (χ2v) is 7.80. The van der Waals surface area contributed by atoms with Crippen molar-refractivity contribution in [3.05, 3.63) is 89.5 Å². The molecule has 0 saturated heterocycles. The van der Waals surface area contributed by atoms with Gasteiger partial charge in [0.05, 0.1) is 43.1 Å². The van der Waals surface area contributed by atoms with E-state index < -0.39 is 12.0 Å². The molecule has 3 aromatic carbocycles. The van der Waals surface area contributed by atoms with Gasteiger partial charge in [-0.3, -0.25) is 4.57 Å². The van der Waals surface area contributed by atoms with Crippen LogP contribution in [0, 0.1) is 0 Å². The van der Waals surface area contributed by atoms with E-state index in [4.69, 9.17) is 19.2 Å². The molecule has 0 fully saturated rings. The first-order chi connectivity index (χ1) is 16.7. The van der Waals surface area contributed by atoms with Crippen LogP contribution in [0.3, 0.4) is 0 Å². The molecule has 0 amide bonds. The Morgan fingerprint density at radius 3 is 2.50 bits per heavy atom. The molecule has 1 aliphatic rings. The van der Waals surface area contributed by atoms with E-state index in [2.05, 4.69) is 5.32 Å². The van der Waals surface area contributed by atoms with Crippen molar-refractivity contribution in [1.82, 2.24) is 9.55 Å². The Morgan fingerprint density at radius 1 is 1.00 bits per heavy atom. The molecule has 1 N–H and O–H groups in total. The molecule has 0 aliphatic carbocycles. The average molecular weight is 456 g/mol. The lowest BCUT2D eigenvalue weighted by atomic mass is 9.91. The number of imidazole rings is 1. The molecule has 172 valence electrons. The molecule has 7 nitrogen and oxygen atoms in total. The maximum absolute atomic E-state index is 13.6. The summed E-state index contributed by atoms with van der Waals surface area (Å²) in [5, 5.41) is 3.42. The number of carbonyl (C=O) groups is 1. The highest BCUT2D eigenvalue weighted by Crippen LogP contribution is 2.45. The molecular formula is C27H25N3O4. The van der Waals surface area contributed by atoms with Gasteiger partial charge in [-0.1, -0.05) is 42.5 Å². The maximum Gasteiger partial charge on any atom is 0.338 e. The molecule has 1 aromatic heterocycles. The first-order valence-electron chi connectivity index (χ1n) is 11.1. The lowest BCUT2D eigenvalue weighted by molar-refractivity contribution is -0.138. The summed E-state index contributed by atoms with van der Waals surface area (Å²) in [6.07, 6.45) is 0. The second-order valence-electron chi connectivity index (χ2n) is 7.80. The van der Waals surface area contributed by atoms with Gasteiger partial charge in [0.2, 0.25) is 5.95 Å². The predicted molar refractivity (Wildman–Crippen MR) is 131 cm³/mol. The van der Waals surface area contributed by atoms with E-state index in [1.807, 2.05) is 77.4 Å². The smallest absolute Gasteiger partial charge is 0.338 e. The molecule has 1 atom stereocenters. The lowest BCUT2D eigenvalue weighted by Gasteiger charge is -2.32. The highest BCUT2D eigenvalue weighted by atomic mass is 16.5. The fourth-order valence-corrected chi connectivity index (χ4v) is 4.44. The number of rotatable bonds is 6. The summed E-state index contributed by atoms with van der Waals surface area (Å²) in [6, 6.07) is 22.6. The number of nitrogens with zero attached hydrogens (tertiary/aromatic N) is 2. The van der Waals surface area contributed by atoms with Crippen LogP contribution in [0.1, 0.15) is 24.1 Å². The van der Waals surface area contributed by atoms with Crippen molar-refractivity contribution in [2.45, 2.75) is 13.0 Å². The number of nitrogens with one attached hydrogen (secondary N) is 1. The molecule has 7 heteroatoms. The monoisotopic (exact) mass is 455 g/mol. The Hall–Kier alpha value is -4.26. The number of hydrogen-bond acceptors (Lipinski definition) is 6. The molecule has 0 spiro atoms. The van der Waals surface area contributed by atoms with Crippen molar-refractivity contribution < 1.29 is 19.0 Å². The minimum atomic E-state index is -0.567. The SMILES string of the molecule is CCOC(=O)C1=C(c2ccccc2)Nc2nc3ccccc3n2[C@H]1c1cc(OC)ccc1OC. The van der Waals surface area contributed by atoms with Crippen molar-refractivity contribution in [2.75, 3.05) is 26.1 Å². The molecule has 0 unspecified atom stereocenters. The summed E-state index contributed by atoms with van der Waals surface area (Å²) in [5.74, 6) is 1.51. The van der Waals surface area contributed by atoms with Crippen molar-refractivity contribution in [1.29, 1.82) is 0 Å². The number of esters is 1. The highest BCUT2D eigenvalue weighted by Gasteiger charge is 2.38. The topological polar surface area (TPSA) is 74.6 Å². The summed E-state index contributed by atoms with van der Waals surface area (Å²) < 4.78 is 18.9. The number of hydrogen-bond donors (Lipinski definition) is 1. The summed E-state index contributed by atoms with van der Waals surface area (Å²) in [6.45, 7) is 2.06. The van der Waals surface area contributed by atoms with Crippen molar-refractivity contribution >= 4 is 28.6 Å². The van der Waals surface area contributed by atoms with Gasteiger partial charge in [-0.05, 0) is 42.8 Å². The second kappa shape index (κ2) is 8.94. The van der Waals surface area contributed by atoms with Gasteiger partial charge in [-0.2, -0.15) is 0 Å². The van der Waals surface area contributed by atoms with Crippen LogP contribution in [0.15, 0.2) is 78.4 Å². The van der Waals surface area contributed by atoms with Crippen molar-refractivity contribution in [2.24, 2.45) is 0 Å². The van der Waals surface area contributed by atoms with Crippen LogP contribution >= 0.6 is 0 Å². The van der Waals surface area contributed by atoms with Crippen LogP contribution in [0.25, 0.3) is 16.7 Å². The highest BCUT2D eigenvalue weighted by molar-refractivity contribution is 6.03. The normalized spacial score (nSPS) is 15.0. The number of anilines is 1. The Balaban J connectivity index is 1.88. The fraction of sp³-hybridized carbons (Fsp3) is 0.185. The van der Waals surface area contributed by atoms with Crippen LogP contribution in [0.5, 0.6) is 11.5 Å². The standard InChI is InChI=1S/C27H25N3O4/c1-4-34-26(31)23-24(17-10-6-5-7-11-17)29-27-28-20-12-8-9-13-21(20)30(27)25(23)19-16-18(32-2)14-15-22(19)33-3/h5-16,25H,4H2,1-3H3,(H,28,29)/t25-/m0/s1. The number of fused-ring (bicyclic) bond motifs is 3. The third-order valence-electron chi connectivity index (χ3n) is 5.92. The fourth-order valence-electron chi connectivity index (χ4n) is 4.44. The Kier molecular flexibility index (Phi) is 5.67. The number of ether oxygens (including phenoxy) is 3. The summed E-state index contributed by atoms with van der Waals surface area (Å²) >= 11 is 0. The number of carbonyl (C=O) groups excluding carboxylic acids is 1. The first kappa shape index (κ1) is 21.6. The van der Waals surface area contributed by atoms with Gasteiger partial charge in [-0.25, -0.2) is 9.78 Å². The van der Waals surface area contributed by atoms with E-state index in [1.165, 1.54) is 0 Å². The number of benzene rings is 3. The molecule has 5 rings (SSSR count).